The molecule has 1 aromatic heterocycles. The molecule has 0 aliphatic heterocycles. The first-order chi connectivity index (χ1) is 12.3. The molecule has 25 heavy (non-hydrogen) atoms. The smallest absolute Gasteiger partial charge is 0.272 e. The normalized spacial score (nSPS) is 12.0. The van der Waals surface area contributed by atoms with E-state index >= 15 is 0 Å². The molecule has 0 amide bonds. The Labute approximate surface area is 145 Å². The molecule has 1 heterocycles. The van der Waals surface area contributed by atoms with E-state index in [1.165, 1.54) is 0 Å². The van der Waals surface area contributed by atoms with Crippen LogP contribution in [-0.2, 0) is 0 Å². The number of hydrogen-bond acceptors (Lipinski definition) is 3. The van der Waals surface area contributed by atoms with Crippen LogP contribution in [0.2, 0.25) is 0 Å². The number of benzene rings is 3. The van der Waals surface area contributed by atoms with Gasteiger partial charge in [0, 0.05) is 5.69 Å². The van der Waals surface area contributed by atoms with Crippen LogP contribution in [0.15, 0.2) is 89.7 Å². The van der Waals surface area contributed by atoms with Gasteiger partial charge in [-0.05, 0) is 29.8 Å². The molecule has 0 bridgehead atoms. The summed E-state index contributed by atoms with van der Waals surface area (Å²) in [6, 6.07) is 26.9. The van der Waals surface area contributed by atoms with Gasteiger partial charge in [-0.1, -0.05) is 60.7 Å². The quantitative estimate of drug-likeness (QED) is 0.593. The Morgan fingerprint density at radius 1 is 0.800 bits per heavy atom. The van der Waals surface area contributed by atoms with Gasteiger partial charge in [0.25, 0.3) is 5.56 Å². The Morgan fingerprint density at radius 3 is 2.20 bits per heavy atom. The number of rotatable bonds is 4. The molecule has 3 aromatic carbocycles. The summed E-state index contributed by atoms with van der Waals surface area (Å²) in [5.41, 5.74) is 3.70. The number of nitrogens with one attached hydrogen (secondary N) is 2. The van der Waals surface area contributed by atoms with Crippen molar-refractivity contribution in [3.8, 4) is 0 Å². The van der Waals surface area contributed by atoms with Gasteiger partial charge in [-0.15, -0.1) is 0 Å². The van der Waals surface area contributed by atoms with Crippen LogP contribution in [0.3, 0.4) is 0 Å². The molecule has 0 unspecified atom stereocenters. The highest BCUT2D eigenvalue weighted by Gasteiger charge is 2.19. The molecule has 4 heteroatoms. The van der Waals surface area contributed by atoms with Gasteiger partial charge < -0.3 is 10.3 Å². The Morgan fingerprint density at radius 2 is 1.44 bits per heavy atom. The zero-order valence-electron chi connectivity index (χ0n) is 13.5. The van der Waals surface area contributed by atoms with Gasteiger partial charge in [0.2, 0.25) is 0 Å². The lowest BCUT2D eigenvalue weighted by Crippen LogP contribution is -2.24. The summed E-state index contributed by atoms with van der Waals surface area (Å²) in [5, 5.41) is 3.43. The average Bonchev–Trinajstić information content (AvgIpc) is 2.67. The highest BCUT2D eigenvalue weighted by Crippen LogP contribution is 2.24. The Kier molecular flexibility index (Phi) is 4.01. The van der Waals surface area contributed by atoms with Crippen LogP contribution in [0.25, 0.3) is 11.0 Å². The summed E-state index contributed by atoms with van der Waals surface area (Å²) in [5.74, 6) is 0. The third-order valence-corrected chi connectivity index (χ3v) is 4.12. The fourth-order valence-corrected chi connectivity index (χ4v) is 2.90. The molecule has 0 spiro atoms. The zero-order valence-corrected chi connectivity index (χ0v) is 13.5. The van der Waals surface area contributed by atoms with E-state index in [2.05, 4.69) is 15.3 Å². The molecule has 0 aliphatic rings. The van der Waals surface area contributed by atoms with Crippen LogP contribution >= 0.6 is 0 Å². The van der Waals surface area contributed by atoms with Crippen molar-refractivity contribution >= 4 is 16.7 Å². The average molecular weight is 327 g/mol. The van der Waals surface area contributed by atoms with Gasteiger partial charge in [0.15, 0.2) is 0 Å². The van der Waals surface area contributed by atoms with E-state index in [9.17, 15) is 4.79 Å². The van der Waals surface area contributed by atoms with E-state index in [1.807, 2.05) is 84.9 Å². The van der Waals surface area contributed by atoms with Crippen LogP contribution in [0.4, 0.5) is 5.69 Å². The van der Waals surface area contributed by atoms with Crippen molar-refractivity contribution in [2.45, 2.75) is 6.04 Å². The molecule has 0 radical (unpaired) electrons. The van der Waals surface area contributed by atoms with E-state index in [4.69, 9.17) is 0 Å². The summed E-state index contributed by atoms with van der Waals surface area (Å²) in [7, 11) is 0. The lowest BCUT2D eigenvalue weighted by atomic mass is 10.0. The second-order valence-corrected chi connectivity index (χ2v) is 5.82. The number of aromatic amines is 1. The van der Waals surface area contributed by atoms with Crippen molar-refractivity contribution in [1.82, 2.24) is 9.97 Å². The van der Waals surface area contributed by atoms with Crippen LogP contribution in [0, 0.1) is 0 Å². The van der Waals surface area contributed by atoms with Crippen molar-refractivity contribution in [2.75, 3.05) is 5.32 Å². The summed E-state index contributed by atoms with van der Waals surface area (Å²) in [6.07, 6.45) is 0. The van der Waals surface area contributed by atoms with Gasteiger partial charge in [-0.3, -0.25) is 4.79 Å². The Bertz CT molecular complexity index is 1040. The third kappa shape index (κ3) is 3.15. The largest absolute Gasteiger partial charge is 0.373 e. The molecule has 1 atom stereocenters. The summed E-state index contributed by atoms with van der Waals surface area (Å²) >= 11 is 0. The molecule has 122 valence electrons. The van der Waals surface area contributed by atoms with Crippen molar-refractivity contribution < 1.29 is 0 Å². The zero-order chi connectivity index (χ0) is 17.1. The number of anilines is 1. The second-order valence-electron chi connectivity index (χ2n) is 5.82. The maximum atomic E-state index is 12.7. The number of H-pyrrole nitrogens is 1. The molecule has 4 rings (SSSR count). The number of para-hydroxylation sites is 3. The highest BCUT2D eigenvalue weighted by atomic mass is 16.1. The molecule has 4 nitrogen and oxygen atoms in total. The van der Waals surface area contributed by atoms with Gasteiger partial charge in [0.1, 0.15) is 5.69 Å². The number of nitrogens with zero attached hydrogens (tertiary/aromatic N) is 1. The fourth-order valence-electron chi connectivity index (χ4n) is 2.90. The first-order valence-electron chi connectivity index (χ1n) is 8.17. The maximum Gasteiger partial charge on any atom is 0.272 e. The van der Waals surface area contributed by atoms with Crippen LogP contribution in [0.1, 0.15) is 17.3 Å². The first kappa shape index (κ1) is 15.1. The molecule has 0 fully saturated rings. The molecular weight excluding hydrogens is 310 g/mol. The standard InChI is InChI=1S/C21H17N3O/c25-21-20(23-17-13-7-8-14-18(17)24-21)19(15-9-3-1-4-10-15)22-16-11-5-2-6-12-16/h1-14,19,22H,(H,24,25)/t19-/m1/s1. The molecule has 0 saturated carbocycles. The number of hydrogen-bond donors (Lipinski definition) is 2. The minimum absolute atomic E-state index is 0.184. The minimum atomic E-state index is -0.336. The van der Waals surface area contributed by atoms with Gasteiger partial charge in [0.05, 0.1) is 17.1 Å². The molecular formula is C21H17N3O. The van der Waals surface area contributed by atoms with E-state index < -0.39 is 0 Å². The predicted octanol–water partition coefficient (Wildman–Crippen LogP) is 4.12. The molecule has 4 aromatic rings. The van der Waals surface area contributed by atoms with Crippen molar-refractivity contribution in [2.24, 2.45) is 0 Å². The van der Waals surface area contributed by atoms with Gasteiger partial charge in [-0.2, -0.15) is 0 Å². The molecule has 2 N–H and O–H groups in total. The molecule has 0 saturated heterocycles. The summed E-state index contributed by atoms with van der Waals surface area (Å²) in [4.78, 5) is 20.3. The minimum Gasteiger partial charge on any atom is -0.373 e. The topological polar surface area (TPSA) is 57.8 Å². The van der Waals surface area contributed by atoms with Gasteiger partial charge in [-0.25, -0.2) is 4.98 Å². The SMILES string of the molecule is O=c1[nH]c2ccccc2nc1[C@H](Nc1ccccc1)c1ccccc1. The van der Waals surface area contributed by atoms with E-state index in [-0.39, 0.29) is 11.6 Å². The van der Waals surface area contributed by atoms with Crippen molar-refractivity contribution in [1.29, 1.82) is 0 Å². The number of aromatic nitrogens is 2. The van der Waals surface area contributed by atoms with Crippen LogP contribution in [0.5, 0.6) is 0 Å². The summed E-state index contributed by atoms with van der Waals surface area (Å²) in [6.45, 7) is 0. The predicted molar refractivity (Wildman–Crippen MR) is 101 cm³/mol. The third-order valence-electron chi connectivity index (χ3n) is 4.12. The monoisotopic (exact) mass is 327 g/mol. The van der Waals surface area contributed by atoms with E-state index in [1.54, 1.807) is 0 Å². The summed E-state index contributed by atoms with van der Waals surface area (Å²) < 4.78 is 0. The van der Waals surface area contributed by atoms with Gasteiger partial charge >= 0.3 is 0 Å². The van der Waals surface area contributed by atoms with Crippen LogP contribution in [-0.4, -0.2) is 9.97 Å². The van der Waals surface area contributed by atoms with Crippen molar-refractivity contribution in [3.05, 3.63) is 107 Å². The lowest BCUT2D eigenvalue weighted by molar-refractivity contribution is 0.867. The first-order valence-corrected chi connectivity index (χ1v) is 8.17. The Hall–Kier alpha value is -3.40. The highest BCUT2D eigenvalue weighted by molar-refractivity contribution is 5.73. The maximum absolute atomic E-state index is 12.7. The van der Waals surface area contributed by atoms with E-state index in [0.717, 1.165) is 22.3 Å². The lowest BCUT2D eigenvalue weighted by Gasteiger charge is -2.19. The van der Waals surface area contributed by atoms with Crippen molar-refractivity contribution in [3.63, 3.8) is 0 Å². The Balaban J connectivity index is 1.86. The fraction of sp³-hybridized carbons (Fsp3) is 0.0476. The van der Waals surface area contributed by atoms with Crippen LogP contribution < -0.4 is 10.9 Å². The molecule has 0 aliphatic carbocycles. The van der Waals surface area contributed by atoms with E-state index in [0.29, 0.717) is 5.69 Å². The number of fused-ring (bicyclic) bond motifs is 1. The second kappa shape index (κ2) is 6.61.